The van der Waals surface area contributed by atoms with Crippen molar-refractivity contribution < 1.29 is 5.11 Å². The first kappa shape index (κ1) is 13.4. The molecular formula is C16H18N2OS. The van der Waals surface area contributed by atoms with E-state index in [-0.39, 0.29) is 6.61 Å². The van der Waals surface area contributed by atoms with Crippen LogP contribution in [0, 0.1) is 18.8 Å². The largest absolute Gasteiger partial charge is 0.384 e. The third-order valence-electron chi connectivity index (χ3n) is 3.77. The molecule has 2 aromatic rings. The third-order valence-corrected chi connectivity index (χ3v) is 4.68. The van der Waals surface area contributed by atoms with Gasteiger partial charge < -0.3 is 9.67 Å². The van der Waals surface area contributed by atoms with Gasteiger partial charge in [0.1, 0.15) is 12.4 Å². The Morgan fingerprint density at radius 3 is 3.10 bits per heavy atom. The number of aliphatic hydroxyl groups excluding tert-OH is 1. The maximum absolute atomic E-state index is 8.83. The van der Waals surface area contributed by atoms with Gasteiger partial charge in [-0.2, -0.15) is 0 Å². The average Bonchev–Trinajstić information content (AvgIpc) is 3.02. The van der Waals surface area contributed by atoms with E-state index in [0.29, 0.717) is 0 Å². The molecule has 104 valence electrons. The van der Waals surface area contributed by atoms with Crippen molar-refractivity contribution in [1.82, 2.24) is 9.55 Å². The number of aliphatic hydroxyl groups is 1. The molecular weight excluding hydrogens is 268 g/mol. The van der Waals surface area contributed by atoms with Crippen molar-refractivity contribution in [3.05, 3.63) is 39.1 Å². The van der Waals surface area contributed by atoms with Crippen LogP contribution in [0.5, 0.6) is 0 Å². The Kier molecular flexibility index (Phi) is 3.90. The molecule has 0 unspecified atom stereocenters. The van der Waals surface area contributed by atoms with Crippen LogP contribution >= 0.6 is 11.3 Å². The number of aryl methyl sites for hydroxylation is 2. The molecule has 20 heavy (non-hydrogen) atoms. The summed E-state index contributed by atoms with van der Waals surface area (Å²) in [6.07, 6.45) is 4.78. The standard InChI is InChI=1S/C16H18N2OS/c1-12-17-14-6-2-3-7-15(14)18(12)11-16-13(5-4-9-19)8-10-20-16/h8,10,19H,2-3,6-7,9,11H2,1H3. The van der Waals surface area contributed by atoms with E-state index in [1.807, 2.05) is 6.07 Å². The van der Waals surface area contributed by atoms with Gasteiger partial charge in [0, 0.05) is 16.1 Å². The van der Waals surface area contributed by atoms with Crippen LogP contribution in [0.25, 0.3) is 0 Å². The Balaban J connectivity index is 1.92. The summed E-state index contributed by atoms with van der Waals surface area (Å²) in [6.45, 7) is 2.85. The summed E-state index contributed by atoms with van der Waals surface area (Å²) < 4.78 is 2.34. The molecule has 0 amide bonds. The SMILES string of the molecule is Cc1nc2c(n1Cc1sccc1C#CCO)CCCC2. The summed E-state index contributed by atoms with van der Waals surface area (Å²) in [4.78, 5) is 5.96. The fourth-order valence-corrected chi connectivity index (χ4v) is 3.62. The fraction of sp³-hybridized carbons (Fsp3) is 0.438. The smallest absolute Gasteiger partial charge is 0.106 e. The van der Waals surface area contributed by atoms with E-state index in [1.54, 1.807) is 11.3 Å². The Morgan fingerprint density at radius 2 is 2.25 bits per heavy atom. The van der Waals surface area contributed by atoms with Crippen LogP contribution in [0.2, 0.25) is 0 Å². The van der Waals surface area contributed by atoms with Crippen molar-refractivity contribution in [3.8, 4) is 11.8 Å². The van der Waals surface area contributed by atoms with Crippen LogP contribution in [0.15, 0.2) is 11.4 Å². The predicted molar refractivity (Wildman–Crippen MR) is 81.0 cm³/mol. The predicted octanol–water partition coefficient (Wildman–Crippen LogP) is 2.52. The zero-order chi connectivity index (χ0) is 13.9. The Bertz CT molecular complexity index is 672. The van der Waals surface area contributed by atoms with Gasteiger partial charge in [0.2, 0.25) is 0 Å². The van der Waals surface area contributed by atoms with Crippen molar-refractivity contribution in [2.45, 2.75) is 39.2 Å². The molecule has 2 aromatic heterocycles. The summed E-state index contributed by atoms with van der Waals surface area (Å²) in [7, 11) is 0. The molecule has 1 aliphatic carbocycles. The number of hydrogen-bond donors (Lipinski definition) is 1. The molecule has 3 nitrogen and oxygen atoms in total. The topological polar surface area (TPSA) is 38.0 Å². The van der Waals surface area contributed by atoms with E-state index in [2.05, 4.69) is 28.7 Å². The molecule has 0 spiro atoms. The number of thiophene rings is 1. The first-order chi connectivity index (χ1) is 9.79. The van der Waals surface area contributed by atoms with Gasteiger partial charge in [0.15, 0.2) is 0 Å². The van der Waals surface area contributed by atoms with Gasteiger partial charge in [-0.15, -0.1) is 11.3 Å². The molecule has 0 saturated heterocycles. The number of fused-ring (bicyclic) bond motifs is 1. The van der Waals surface area contributed by atoms with Crippen LogP contribution < -0.4 is 0 Å². The normalized spacial score (nSPS) is 13.7. The number of aromatic nitrogens is 2. The van der Waals surface area contributed by atoms with Gasteiger partial charge >= 0.3 is 0 Å². The lowest BCUT2D eigenvalue weighted by molar-refractivity contribution is 0.350. The molecule has 3 rings (SSSR count). The van der Waals surface area contributed by atoms with Crippen molar-refractivity contribution in [2.75, 3.05) is 6.61 Å². The molecule has 1 N–H and O–H groups in total. The molecule has 1 aliphatic rings. The van der Waals surface area contributed by atoms with E-state index in [9.17, 15) is 0 Å². The van der Waals surface area contributed by atoms with E-state index >= 15 is 0 Å². The van der Waals surface area contributed by atoms with Crippen molar-refractivity contribution in [3.63, 3.8) is 0 Å². The Hall–Kier alpha value is -1.57. The molecule has 0 radical (unpaired) electrons. The van der Waals surface area contributed by atoms with E-state index in [4.69, 9.17) is 10.1 Å². The summed E-state index contributed by atoms with van der Waals surface area (Å²) in [5, 5.41) is 10.9. The van der Waals surface area contributed by atoms with Crippen molar-refractivity contribution in [2.24, 2.45) is 0 Å². The lowest BCUT2D eigenvalue weighted by Gasteiger charge is -2.14. The highest BCUT2D eigenvalue weighted by Crippen LogP contribution is 2.25. The summed E-state index contributed by atoms with van der Waals surface area (Å²) in [5.74, 6) is 6.87. The average molecular weight is 286 g/mol. The molecule has 4 heteroatoms. The molecule has 0 bridgehead atoms. The second-order valence-electron chi connectivity index (χ2n) is 5.06. The van der Waals surface area contributed by atoms with Crippen LogP contribution in [0.1, 0.15) is 40.5 Å². The lowest BCUT2D eigenvalue weighted by atomic mass is 10.0. The van der Waals surface area contributed by atoms with Gasteiger partial charge in [-0.05, 0) is 44.1 Å². The summed E-state index contributed by atoms with van der Waals surface area (Å²) >= 11 is 1.72. The van der Waals surface area contributed by atoms with Gasteiger partial charge in [-0.25, -0.2) is 4.98 Å². The first-order valence-corrected chi connectivity index (χ1v) is 7.88. The van der Waals surface area contributed by atoms with Gasteiger partial charge in [-0.1, -0.05) is 11.8 Å². The van der Waals surface area contributed by atoms with Gasteiger partial charge in [0.25, 0.3) is 0 Å². The maximum atomic E-state index is 8.83. The van der Waals surface area contributed by atoms with E-state index in [1.165, 1.54) is 29.1 Å². The van der Waals surface area contributed by atoms with Crippen molar-refractivity contribution in [1.29, 1.82) is 0 Å². The minimum atomic E-state index is -0.0885. The first-order valence-electron chi connectivity index (χ1n) is 7.00. The minimum Gasteiger partial charge on any atom is -0.384 e. The number of rotatable bonds is 2. The van der Waals surface area contributed by atoms with Gasteiger partial charge in [0.05, 0.1) is 12.2 Å². The summed E-state index contributed by atoms with van der Waals surface area (Å²) in [6, 6.07) is 2.03. The molecule has 0 fully saturated rings. The number of hydrogen-bond acceptors (Lipinski definition) is 3. The third kappa shape index (κ3) is 2.52. The van der Waals surface area contributed by atoms with Crippen molar-refractivity contribution >= 4 is 11.3 Å². The van der Waals surface area contributed by atoms with E-state index in [0.717, 1.165) is 30.8 Å². The Labute approximate surface area is 123 Å². The Morgan fingerprint density at radius 1 is 1.40 bits per heavy atom. The molecule has 0 saturated carbocycles. The number of imidazole rings is 1. The number of nitrogens with zero attached hydrogens (tertiary/aromatic N) is 2. The molecule has 0 aliphatic heterocycles. The quantitative estimate of drug-likeness (QED) is 0.862. The van der Waals surface area contributed by atoms with E-state index < -0.39 is 0 Å². The molecule has 0 aromatic carbocycles. The molecule has 0 atom stereocenters. The van der Waals surface area contributed by atoms with Gasteiger partial charge in [-0.3, -0.25) is 0 Å². The van der Waals surface area contributed by atoms with Crippen LogP contribution in [-0.2, 0) is 19.4 Å². The second-order valence-corrected chi connectivity index (χ2v) is 6.06. The second kappa shape index (κ2) is 5.82. The zero-order valence-corrected chi connectivity index (χ0v) is 12.5. The van der Waals surface area contributed by atoms with Crippen LogP contribution in [-0.4, -0.2) is 21.3 Å². The summed E-state index contributed by atoms with van der Waals surface area (Å²) in [5.41, 5.74) is 3.72. The highest BCUT2D eigenvalue weighted by Gasteiger charge is 2.18. The lowest BCUT2D eigenvalue weighted by Crippen LogP contribution is -2.10. The minimum absolute atomic E-state index is 0.0885. The van der Waals surface area contributed by atoms with Crippen LogP contribution in [0.4, 0.5) is 0 Å². The highest BCUT2D eigenvalue weighted by atomic mass is 32.1. The zero-order valence-electron chi connectivity index (χ0n) is 11.6. The monoisotopic (exact) mass is 286 g/mol. The fourth-order valence-electron chi connectivity index (χ4n) is 2.80. The molecule has 2 heterocycles. The highest BCUT2D eigenvalue weighted by molar-refractivity contribution is 7.10. The maximum Gasteiger partial charge on any atom is 0.106 e. The van der Waals surface area contributed by atoms with Crippen LogP contribution in [0.3, 0.4) is 0 Å².